The first kappa shape index (κ1) is 13.8. The Morgan fingerprint density at radius 3 is 2.76 bits per heavy atom. The van der Waals surface area contributed by atoms with Crippen molar-refractivity contribution in [3.05, 3.63) is 47.1 Å². The number of hydrogen-bond donors (Lipinski definition) is 0. The van der Waals surface area contributed by atoms with Crippen LogP contribution in [0.25, 0.3) is 0 Å². The lowest BCUT2D eigenvalue weighted by Crippen LogP contribution is -2.42. The third-order valence-corrected chi connectivity index (χ3v) is 3.68. The van der Waals surface area contributed by atoms with Crippen molar-refractivity contribution in [3.8, 4) is 0 Å². The maximum Gasteiger partial charge on any atom is 0.259 e. The molecule has 0 spiro atoms. The van der Waals surface area contributed by atoms with E-state index in [1.807, 2.05) is 12.1 Å². The second-order valence-corrected chi connectivity index (χ2v) is 5.09. The third kappa shape index (κ3) is 2.67. The highest BCUT2D eigenvalue weighted by atomic mass is 16.5. The Hall–Kier alpha value is -2.21. The summed E-state index contributed by atoms with van der Waals surface area (Å²) >= 11 is 0. The fourth-order valence-corrected chi connectivity index (χ4v) is 2.56. The van der Waals surface area contributed by atoms with Gasteiger partial charge in [0.2, 0.25) is 0 Å². The lowest BCUT2D eigenvalue weighted by Gasteiger charge is -2.33. The number of carbonyl (C=O) groups is 1. The summed E-state index contributed by atoms with van der Waals surface area (Å²) in [7, 11) is 0. The van der Waals surface area contributed by atoms with Gasteiger partial charge >= 0.3 is 0 Å². The Labute approximate surface area is 122 Å². The second kappa shape index (κ2) is 5.65. The Morgan fingerprint density at radius 1 is 1.33 bits per heavy atom. The lowest BCUT2D eigenvalue weighted by molar-refractivity contribution is -0.0229. The average molecular weight is 287 g/mol. The molecular formula is C15H17N3O3. The normalized spacial score (nSPS) is 18.8. The molecule has 2 aromatic rings. The van der Waals surface area contributed by atoms with Crippen molar-refractivity contribution in [2.75, 3.05) is 19.7 Å². The van der Waals surface area contributed by atoms with Crippen molar-refractivity contribution < 1.29 is 14.1 Å². The molecule has 1 unspecified atom stereocenters. The van der Waals surface area contributed by atoms with Crippen LogP contribution in [0.2, 0.25) is 0 Å². The van der Waals surface area contributed by atoms with Gasteiger partial charge in [0.1, 0.15) is 17.4 Å². The fraction of sp³-hybridized carbons (Fsp3) is 0.400. The summed E-state index contributed by atoms with van der Waals surface area (Å²) in [5, 5.41) is 3.85. The maximum atomic E-state index is 12.6. The van der Waals surface area contributed by atoms with Crippen LogP contribution in [0.3, 0.4) is 0 Å². The molecule has 21 heavy (non-hydrogen) atoms. The zero-order valence-corrected chi connectivity index (χ0v) is 12.1. The molecule has 3 heterocycles. The average Bonchev–Trinajstić information content (AvgIpc) is 2.86. The van der Waals surface area contributed by atoms with Crippen LogP contribution in [-0.2, 0) is 4.74 Å². The molecular weight excluding hydrogens is 270 g/mol. The van der Waals surface area contributed by atoms with Crippen LogP contribution in [0.1, 0.15) is 33.5 Å². The number of rotatable bonds is 2. The topological polar surface area (TPSA) is 68.5 Å². The number of morpholine rings is 1. The van der Waals surface area contributed by atoms with Gasteiger partial charge < -0.3 is 14.2 Å². The van der Waals surface area contributed by atoms with E-state index in [9.17, 15) is 4.79 Å². The Balaban J connectivity index is 1.79. The molecule has 1 aliphatic rings. The van der Waals surface area contributed by atoms with Crippen LogP contribution in [0, 0.1) is 13.8 Å². The monoisotopic (exact) mass is 287 g/mol. The molecule has 2 aromatic heterocycles. The first-order valence-electron chi connectivity index (χ1n) is 6.90. The molecule has 0 saturated carbocycles. The van der Waals surface area contributed by atoms with Crippen LogP contribution < -0.4 is 0 Å². The van der Waals surface area contributed by atoms with E-state index in [0.29, 0.717) is 36.7 Å². The van der Waals surface area contributed by atoms with E-state index in [1.54, 1.807) is 31.1 Å². The van der Waals surface area contributed by atoms with E-state index >= 15 is 0 Å². The van der Waals surface area contributed by atoms with Gasteiger partial charge in [0.25, 0.3) is 5.91 Å². The number of carbonyl (C=O) groups excluding carboxylic acids is 1. The van der Waals surface area contributed by atoms with Gasteiger partial charge in [-0.25, -0.2) is 0 Å². The van der Waals surface area contributed by atoms with Gasteiger partial charge in [0.15, 0.2) is 0 Å². The Morgan fingerprint density at radius 2 is 2.10 bits per heavy atom. The predicted octanol–water partition coefficient (Wildman–Crippen LogP) is 1.90. The first-order chi connectivity index (χ1) is 10.2. The molecule has 0 N–H and O–H groups in total. The summed E-state index contributed by atoms with van der Waals surface area (Å²) in [6.45, 7) is 5.15. The van der Waals surface area contributed by atoms with E-state index in [4.69, 9.17) is 9.26 Å². The van der Waals surface area contributed by atoms with Crippen molar-refractivity contribution in [2.24, 2.45) is 0 Å². The summed E-state index contributed by atoms with van der Waals surface area (Å²) in [5.74, 6) is 0.512. The fourth-order valence-electron chi connectivity index (χ4n) is 2.56. The molecule has 1 amide bonds. The molecule has 1 aliphatic heterocycles. The highest BCUT2D eigenvalue weighted by molar-refractivity contribution is 5.96. The molecule has 110 valence electrons. The quantitative estimate of drug-likeness (QED) is 0.844. The summed E-state index contributed by atoms with van der Waals surface area (Å²) < 4.78 is 10.8. The number of amides is 1. The number of hydrogen-bond acceptors (Lipinski definition) is 5. The highest BCUT2D eigenvalue weighted by Gasteiger charge is 2.29. The number of pyridine rings is 1. The number of ether oxygens (including phenoxy) is 1. The van der Waals surface area contributed by atoms with Crippen molar-refractivity contribution in [3.63, 3.8) is 0 Å². The van der Waals surface area contributed by atoms with E-state index < -0.39 is 0 Å². The first-order valence-corrected chi connectivity index (χ1v) is 6.90. The largest absolute Gasteiger partial charge is 0.370 e. The zero-order chi connectivity index (χ0) is 14.8. The lowest BCUT2D eigenvalue weighted by atomic mass is 10.1. The smallest absolute Gasteiger partial charge is 0.259 e. The van der Waals surface area contributed by atoms with Gasteiger partial charge in [-0.05, 0) is 31.5 Å². The van der Waals surface area contributed by atoms with Crippen molar-refractivity contribution in [1.82, 2.24) is 15.0 Å². The minimum absolute atomic E-state index is 0.0476. The predicted molar refractivity (Wildman–Crippen MR) is 74.8 cm³/mol. The van der Waals surface area contributed by atoms with Crippen LogP contribution in [0.5, 0.6) is 0 Å². The maximum absolute atomic E-state index is 12.6. The van der Waals surface area contributed by atoms with Crippen molar-refractivity contribution in [1.29, 1.82) is 0 Å². The van der Waals surface area contributed by atoms with E-state index in [2.05, 4.69) is 10.1 Å². The number of aromatic nitrogens is 2. The Bertz CT molecular complexity index is 619. The highest BCUT2D eigenvalue weighted by Crippen LogP contribution is 2.24. The summed E-state index contributed by atoms with van der Waals surface area (Å²) in [5.41, 5.74) is 2.22. The van der Waals surface area contributed by atoms with Gasteiger partial charge in [-0.3, -0.25) is 9.78 Å². The summed E-state index contributed by atoms with van der Waals surface area (Å²) in [4.78, 5) is 18.4. The molecule has 0 radical (unpaired) electrons. The van der Waals surface area contributed by atoms with Gasteiger partial charge in [0, 0.05) is 18.9 Å². The van der Waals surface area contributed by atoms with E-state index in [1.165, 1.54) is 0 Å². The molecule has 0 bridgehead atoms. The van der Waals surface area contributed by atoms with E-state index in [0.717, 1.165) is 5.56 Å². The number of nitrogens with zero attached hydrogens (tertiary/aromatic N) is 3. The van der Waals surface area contributed by atoms with E-state index in [-0.39, 0.29) is 12.0 Å². The van der Waals surface area contributed by atoms with Crippen LogP contribution >= 0.6 is 0 Å². The SMILES string of the molecule is Cc1noc(C)c1C(=O)N1CCOC(c2ccncc2)C1. The van der Waals surface area contributed by atoms with Crippen molar-refractivity contribution >= 4 is 5.91 Å². The standard InChI is InChI=1S/C15H17N3O3/c1-10-14(11(2)21-17-10)15(19)18-7-8-20-13(9-18)12-3-5-16-6-4-12/h3-6,13H,7-9H2,1-2H3. The summed E-state index contributed by atoms with van der Waals surface area (Å²) in [6.07, 6.45) is 3.34. The van der Waals surface area contributed by atoms with Gasteiger partial charge in [0.05, 0.1) is 18.8 Å². The molecule has 3 rings (SSSR count). The van der Waals surface area contributed by atoms with Gasteiger partial charge in [-0.1, -0.05) is 5.16 Å². The van der Waals surface area contributed by atoms with Crippen LogP contribution in [0.15, 0.2) is 29.0 Å². The molecule has 1 fully saturated rings. The van der Waals surface area contributed by atoms with Crippen LogP contribution in [0.4, 0.5) is 0 Å². The molecule has 6 heteroatoms. The summed E-state index contributed by atoms with van der Waals surface area (Å²) in [6, 6.07) is 3.82. The molecule has 1 saturated heterocycles. The Kier molecular flexibility index (Phi) is 3.70. The molecule has 1 atom stereocenters. The third-order valence-electron chi connectivity index (χ3n) is 3.68. The zero-order valence-electron chi connectivity index (χ0n) is 12.1. The molecule has 0 aromatic carbocycles. The van der Waals surface area contributed by atoms with Crippen LogP contribution in [-0.4, -0.2) is 40.6 Å². The minimum Gasteiger partial charge on any atom is -0.370 e. The minimum atomic E-state index is -0.119. The molecule has 0 aliphatic carbocycles. The van der Waals surface area contributed by atoms with Gasteiger partial charge in [-0.15, -0.1) is 0 Å². The molecule has 6 nitrogen and oxygen atoms in total. The van der Waals surface area contributed by atoms with Crippen molar-refractivity contribution in [2.45, 2.75) is 20.0 Å². The van der Waals surface area contributed by atoms with Gasteiger partial charge in [-0.2, -0.15) is 0 Å². The second-order valence-electron chi connectivity index (χ2n) is 5.09. The number of aryl methyl sites for hydroxylation is 2.